The minimum Gasteiger partial charge on any atom is -0.323 e. The number of fused-ring (bicyclic) bond motifs is 1. The zero-order chi connectivity index (χ0) is 13.9. The van der Waals surface area contributed by atoms with Gasteiger partial charge in [0.05, 0.1) is 11.9 Å². The maximum Gasteiger partial charge on any atom is 0.141 e. The Bertz CT molecular complexity index is 434. The monoisotopic (exact) mass is 277 g/mol. The molecule has 1 aromatic rings. The Kier molecular flexibility index (Phi) is 4.32. The molecule has 4 heteroatoms. The number of rotatable bonds is 4. The van der Waals surface area contributed by atoms with Gasteiger partial charge in [0.2, 0.25) is 0 Å². The molecule has 3 atom stereocenters. The van der Waals surface area contributed by atoms with Crippen LogP contribution in [0.3, 0.4) is 0 Å². The first-order chi connectivity index (χ1) is 9.74. The van der Waals surface area contributed by atoms with Crippen molar-refractivity contribution in [1.29, 1.82) is 0 Å². The number of nitrogens with zero attached hydrogens (tertiary/aromatic N) is 2. The van der Waals surface area contributed by atoms with Gasteiger partial charge >= 0.3 is 0 Å². The van der Waals surface area contributed by atoms with Crippen LogP contribution in [0.15, 0.2) is 18.3 Å². The van der Waals surface area contributed by atoms with Gasteiger partial charge in [-0.2, -0.15) is 0 Å². The number of hydrogen-bond donors (Lipinski definition) is 1. The molecular weight excluding hydrogens is 253 g/mol. The van der Waals surface area contributed by atoms with E-state index in [4.69, 9.17) is 5.73 Å². The molecule has 3 unspecified atom stereocenters. The van der Waals surface area contributed by atoms with E-state index in [1.165, 1.54) is 50.9 Å². The van der Waals surface area contributed by atoms with Crippen molar-refractivity contribution in [2.24, 2.45) is 11.7 Å². The van der Waals surface area contributed by atoms with Crippen molar-refractivity contribution < 1.29 is 4.39 Å². The largest absolute Gasteiger partial charge is 0.323 e. The van der Waals surface area contributed by atoms with Crippen molar-refractivity contribution in [1.82, 2.24) is 9.88 Å². The van der Waals surface area contributed by atoms with Crippen molar-refractivity contribution >= 4 is 0 Å². The standard InChI is InChI=1S/C16H24FN3/c17-13-6-7-15(19-11-13)14(18)8-10-20-9-2-4-12-3-1-5-16(12)20/h6-7,11-12,14,16H,1-5,8-10,18H2. The lowest BCUT2D eigenvalue weighted by molar-refractivity contribution is 0.109. The lowest BCUT2D eigenvalue weighted by atomic mass is 9.91. The third-order valence-electron chi connectivity index (χ3n) is 4.97. The third kappa shape index (κ3) is 3.01. The molecule has 2 heterocycles. The summed E-state index contributed by atoms with van der Waals surface area (Å²) in [6.07, 6.45) is 9.04. The van der Waals surface area contributed by atoms with Gasteiger partial charge in [-0.05, 0) is 56.7 Å². The van der Waals surface area contributed by atoms with E-state index < -0.39 is 0 Å². The van der Waals surface area contributed by atoms with Gasteiger partial charge in [0.1, 0.15) is 5.82 Å². The number of aromatic nitrogens is 1. The Hall–Kier alpha value is -1.00. The topological polar surface area (TPSA) is 42.1 Å². The number of piperidine rings is 1. The summed E-state index contributed by atoms with van der Waals surface area (Å²) >= 11 is 0. The van der Waals surface area contributed by atoms with Crippen LogP contribution in [0, 0.1) is 11.7 Å². The fourth-order valence-electron chi connectivity index (χ4n) is 3.89. The predicted molar refractivity (Wildman–Crippen MR) is 77.7 cm³/mol. The Morgan fingerprint density at radius 2 is 2.15 bits per heavy atom. The minimum absolute atomic E-state index is 0.0858. The molecule has 0 amide bonds. The molecule has 3 nitrogen and oxygen atoms in total. The second kappa shape index (κ2) is 6.19. The van der Waals surface area contributed by atoms with Crippen LogP contribution in [0.5, 0.6) is 0 Å². The van der Waals surface area contributed by atoms with E-state index in [1.807, 2.05) is 0 Å². The molecule has 1 saturated carbocycles. The minimum atomic E-state index is -0.300. The zero-order valence-electron chi connectivity index (χ0n) is 12.0. The molecular formula is C16H24FN3. The van der Waals surface area contributed by atoms with Gasteiger partial charge in [0.25, 0.3) is 0 Å². The number of nitrogens with two attached hydrogens (primary N) is 1. The summed E-state index contributed by atoms with van der Waals surface area (Å²) in [5.74, 6) is 0.620. The Morgan fingerprint density at radius 1 is 1.30 bits per heavy atom. The molecule has 1 aliphatic heterocycles. The Morgan fingerprint density at radius 3 is 2.95 bits per heavy atom. The van der Waals surface area contributed by atoms with Gasteiger partial charge in [0, 0.05) is 18.6 Å². The molecule has 0 aromatic carbocycles. The van der Waals surface area contributed by atoms with E-state index in [-0.39, 0.29) is 11.9 Å². The zero-order valence-corrected chi connectivity index (χ0v) is 12.0. The second-order valence-electron chi connectivity index (χ2n) is 6.23. The number of pyridine rings is 1. The van der Waals surface area contributed by atoms with Gasteiger partial charge in [0.15, 0.2) is 0 Å². The molecule has 2 fully saturated rings. The van der Waals surface area contributed by atoms with Gasteiger partial charge in [-0.3, -0.25) is 4.98 Å². The predicted octanol–water partition coefficient (Wildman–Crippen LogP) is 2.88. The summed E-state index contributed by atoms with van der Waals surface area (Å²) in [6.45, 7) is 2.26. The highest BCUT2D eigenvalue weighted by Gasteiger charge is 2.34. The fourth-order valence-corrected chi connectivity index (χ4v) is 3.89. The van der Waals surface area contributed by atoms with E-state index in [0.29, 0.717) is 0 Å². The summed E-state index contributed by atoms with van der Waals surface area (Å²) in [5.41, 5.74) is 6.99. The first-order valence-electron chi connectivity index (χ1n) is 7.85. The highest BCUT2D eigenvalue weighted by molar-refractivity contribution is 5.09. The summed E-state index contributed by atoms with van der Waals surface area (Å²) in [6, 6.07) is 3.85. The molecule has 0 spiro atoms. The first kappa shape index (κ1) is 14.0. The third-order valence-corrected chi connectivity index (χ3v) is 4.97. The van der Waals surface area contributed by atoms with Crippen molar-refractivity contribution in [3.63, 3.8) is 0 Å². The molecule has 2 aliphatic rings. The highest BCUT2D eigenvalue weighted by Crippen LogP contribution is 2.36. The maximum absolute atomic E-state index is 12.9. The van der Waals surface area contributed by atoms with Crippen molar-refractivity contribution in [3.05, 3.63) is 29.8 Å². The van der Waals surface area contributed by atoms with Gasteiger partial charge in [-0.1, -0.05) is 6.42 Å². The molecule has 0 bridgehead atoms. The van der Waals surface area contributed by atoms with Crippen molar-refractivity contribution in [2.45, 2.75) is 50.6 Å². The van der Waals surface area contributed by atoms with Crippen molar-refractivity contribution in [3.8, 4) is 0 Å². The lowest BCUT2D eigenvalue weighted by Gasteiger charge is -2.38. The number of likely N-dealkylation sites (tertiary alicyclic amines) is 1. The molecule has 110 valence electrons. The van der Waals surface area contributed by atoms with E-state index in [0.717, 1.165) is 30.6 Å². The van der Waals surface area contributed by atoms with Crippen LogP contribution in [-0.2, 0) is 0 Å². The maximum atomic E-state index is 12.9. The summed E-state index contributed by atoms with van der Waals surface area (Å²) in [5, 5.41) is 0. The summed E-state index contributed by atoms with van der Waals surface area (Å²) < 4.78 is 12.9. The molecule has 2 N–H and O–H groups in total. The summed E-state index contributed by atoms with van der Waals surface area (Å²) in [4.78, 5) is 6.72. The average molecular weight is 277 g/mol. The van der Waals surface area contributed by atoms with Crippen LogP contribution in [0.25, 0.3) is 0 Å². The number of halogens is 1. The Labute approximate surface area is 120 Å². The quantitative estimate of drug-likeness (QED) is 0.920. The summed E-state index contributed by atoms with van der Waals surface area (Å²) in [7, 11) is 0. The van der Waals surface area contributed by atoms with Gasteiger partial charge in [-0.25, -0.2) is 4.39 Å². The van der Waals surface area contributed by atoms with Crippen LogP contribution in [0.1, 0.15) is 50.3 Å². The molecule has 1 saturated heterocycles. The number of hydrogen-bond acceptors (Lipinski definition) is 3. The van der Waals surface area contributed by atoms with Crippen LogP contribution in [0.2, 0.25) is 0 Å². The van der Waals surface area contributed by atoms with E-state index in [9.17, 15) is 4.39 Å². The highest BCUT2D eigenvalue weighted by atomic mass is 19.1. The smallest absolute Gasteiger partial charge is 0.141 e. The van der Waals surface area contributed by atoms with Crippen LogP contribution >= 0.6 is 0 Å². The molecule has 3 rings (SSSR count). The van der Waals surface area contributed by atoms with Gasteiger partial charge in [-0.15, -0.1) is 0 Å². The average Bonchev–Trinajstić information content (AvgIpc) is 2.94. The van der Waals surface area contributed by atoms with E-state index in [2.05, 4.69) is 9.88 Å². The molecule has 1 aliphatic carbocycles. The lowest BCUT2D eigenvalue weighted by Crippen LogP contribution is -2.43. The van der Waals surface area contributed by atoms with Crippen LogP contribution < -0.4 is 5.73 Å². The van der Waals surface area contributed by atoms with E-state index in [1.54, 1.807) is 6.07 Å². The fraction of sp³-hybridized carbons (Fsp3) is 0.688. The molecule has 0 radical (unpaired) electrons. The first-order valence-corrected chi connectivity index (χ1v) is 7.85. The normalized spacial score (nSPS) is 28.3. The van der Waals surface area contributed by atoms with Gasteiger partial charge < -0.3 is 10.6 Å². The molecule has 1 aromatic heterocycles. The Balaban J connectivity index is 1.54. The van der Waals surface area contributed by atoms with Crippen molar-refractivity contribution in [2.75, 3.05) is 13.1 Å². The van der Waals surface area contributed by atoms with E-state index >= 15 is 0 Å². The second-order valence-corrected chi connectivity index (χ2v) is 6.23. The SMILES string of the molecule is NC(CCN1CCCC2CCCC21)c1ccc(F)cn1. The molecule has 20 heavy (non-hydrogen) atoms. The van der Waals surface area contributed by atoms with Crippen LogP contribution in [-0.4, -0.2) is 29.0 Å². The van der Waals surface area contributed by atoms with Crippen LogP contribution in [0.4, 0.5) is 4.39 Å².